The summed E-state index contributed by atoms with van der Waals surface area (Å²) >= 11 is 0. The van der Waals surface area contributed by atoms with Crippen molar-refractivity contribution >= 4 is 16.9 Å². The van der Waals surface area contributed by atoms with Crippen LogP contribution in [0, 0.1) is 17.6 Å². The highest BCUT2D eigenvalue weighted by Crippen LogP contribution is 2.36. The van der Waals surface area contributed by atoms with Crippen molar-refractivity contribution < 1.29 is 18.7 Å². The minimum absolute atomic E-state index is 0.191. The standard InChI is InChI=1S/C21H19F2NO2/c1-12-5-8-19-17(9-12)15-3-2-4-16(21(25)26)20(15)24(19)11-13-6-7-14(22)10-18(13)23/h2-4,6-7,10,12H,5,8-9,11H2,1H3,(H,25,26). The smallest absolute Gasteiger partial charge is 0.337 e. The summed E-state index contributed by atoms with van der Waals surface area (Å²) in [5, 5.41) is 10.6. The van der Waals surface area contributed by atoms with Gasteiger partial charge in [-0.1, -0.05) is 25.1 Å². The summed E-state index contributed by atoms with van der Waals surface area (Å²) in [7, 11) is 0. The largest absolute Gasteiger partial charge is 0.478 e. The van der Waals surface area contributed by atoms with Gasteiger partial charge in [-0.2, -0.15) is 0 Å². The lowest BCUT2D eigenvalue weighted by molar-refractivity contribution is 0.0698. The second-order valence-corrected chi connectivity index (χ2v) is 7.10. The molecule has 134 valence electrons. The van der Waals surface area contributed by atoms with E-state index in [0.29, 0.717) is 17.0 Å². The molecular formula is C21H19F2NO2. The maximum atomic E-state index is 14.2. The Morgan fingerprint density at radius 2 is 2.08 bits per heavy atom. The van der Waals surface area contributed by atoms with Gasteiger partial charge in [-0.05, 0) is 42.9 Å². The minimum atomic E-state index is -1.00. The van der Waals surface area contributed by atoms with Crippen molar-refractivity contribution in [1.82, 2.24) is 4.57 Å². The molecule has 0 amide bonds. The Morgan fingerprint density at radius 3 is 2.81 bits per heavy atom. The molecule has 0 saturated carbocycles. The number of carbonyl (C=O) groups is 1. The number of carboxylic acids is 1. The molecule has 0 bridgehead atoms. The van der Waals surface area contributed by atoms with Crippen LogP contribution >= 0.6 is 0 Å². The lowest BCUT2D eigenvalue weighted by atomic mass is 9.87. The molecule has 0 fully saturated rings. The van der Waals surface area contributed by atoms with Gasteiger partial charge in [0, 0.05) is 22.7 Å². The molecular weight excluding hydrogens is 336 g/mol. The third kappa shape index (κ3) is 2.68. The molecule has 0 aliphatic heterocycles. The Hall–Kier alpha value is -2.69. The first kappa shape index (κ1) is 16.8. The molecule has 3 aromatic rings. The first-order valence-corrected chi connectivity index (χ1v) is 8.76. The van der Waals surface area contributed by atoms with E-state index in [0.717, 1.165) is 42.0 Å². The average Bonchev–Trinajstić information content (AvgIpc) is 2.90. The summed E-state index contributed by atoms with van der Waals surface area (Å²) in [6, 6.07) is 8.81. The molecule has 2 aromatic carbocycles. The number of fused-ring (bicyclic) bond motifs is 3. The molecule has 1 aromatic heterocycles. The van der Waals surface area contributed by atoms with E-state index in [4.69, 9.17) is 0 Å². The minimum Gasteiger partial charge on any atom is -0.478 e. The van der Waals surface area contributed by atoms with Gasteiger partial charge in [0.1, 0.15) is 11.6 Å². The van der Waals surface area contributed by atoms with Crippen LogP contribution in [0.5, 0.6) is 0 Å². The summed E-state index contributed by atoms with van der Waals surface area (Å²) in [4.78, 5) is 11.8. The van der Waals surface area contributed by atoms with Crippen molar-refractivity contribution in [2.75, 3.05) is 0 Å². The highest BCUT2D eigenvalue weighted by atomic mass is 19.1. The Morgan fingerprint density at radius 1 is 1.27 bits per heavy atom. The van der Waals surface area contributed by atoms with Crippen LogP contribution in [-0.4, -0.2) is 15.6 Å². The summed E-state index contributed by atoms with van der Waals surface area (Å²) in [5.74, 6) is -1.71. The lowest BCUT2D eigenvalue weighted by Crippen LogP contribution is -2.15. The van der Waals surface area contributed by atoms with Gasteiger partial charge in [-0.25, -0.2) is 13.6 Å². The van der Waals surface area contributed by atoms with Crippen LogP contribution in [0.15, 0.2) is 36.4 Å². The fourth-order valence-electron chi connectivity index (χ4n) is 4.05. The van der Waals surface area contributed by atoms with Gasteiger partial charge in [-0.15, -0.1) is 0 Å². The summed E-state index contributed by atoms with van der Waals surface area (Å²) in [6.07, 6.45) is 2.72. The van der Waals surface area contributed by atoms with Gasteiger partial charge in [0.05, 0.1) is 17.6 Å². The number of rotatable bonds is 3. The molecule has 1 N–H and O–H groups in total. The number of halogens is 2. The highest BCUT2D eigenvalue weighted by Gasteiger charge is 2.26. The van der Waals surface area contributed by atoms with Crippen LogP contribution in [-0.2, 0) is 19.4 Å². The van der Waals surface area contributed by atoms with E-state index in [1.165, 1.54) is 12.1 Å². The van der Waals surface area contributed by atoms with Crippen molar-refractivity contribution in [3.8, 4) is 0 Å². The molecule has 1 aliphatic rings. The SMILES string of the molecule is CC1CCc2c(c3cccc(C(=O)O)c3n2Cc2ccc(F)cc2F)C1. The van der Waals surface area contributed by atoms with Gasteiger partial charge >= 0.3 is 5.97 Å². The Labute approximate surface area is 149 Å². The Balaban J connectivity index is 1.96. The van der Waals surface area contributed by atoms with Gasteiger partial charge in [-0.3, -0.25) is 0 Å². The zero-order valence-electron chi connectivity index (χ0n) is 14.4. The number of aromatic nitrogens is 1. The number of para-hydroxylation sites is 1. The van der Waals surface area contributed by atoms with Crippen LogP contribution in [0.2, 0.25) is 0 Å². The van der Waals surface area contributed by atoms with Crippen LogP contribution < -0.4 is 0 Å². The average molecular weight is 355 g/mol. The van der Waals surface area contributed by atoms with Crippen LogP contribution in [0.25, 0.3) is 10.9 Å². The third-order valence-electron chi connectivity index (χ3n) is 5.31. The van der Waals surface area contributed by atoms with Crippen molar-refractivity contribution in [1.29, 1.82) is 0 Å². The van der Waals surface area contributed by atoms with Crippen LogP contribution in [0.1, 0.15) is 40.5 Å². The maximum Gasteiger partial charge on any atom is 0.337 e. The number of aromatic carboxylic acids is 1. The topological polar surface area (TPSA) is 42.2 Å². The van der Waals surface area contributed by atoms with Gasteiger partial charge in [0.25, 0.3) is 0 Å². The van der Waals surface area contributed by atoms with E-state index in [9.17, 15) is 18.7 Å². The van der Waals surface area contributed by atoms with Crippen molar-refractivity contribution in [3.05, 3.63) is 70.4 Å². The maximum absolute atomic E-state index is 14.2. The number of hydrogen-bond donors (Lipinski definition) is 1. The van der Waals surface area contributed by atoms with Crippen LogP contribution in [0.4, 0.5) is 8.78 Å². The Bertz CT molecular complexity index is 1020. The quantitative estimate of drug-likeness (QED) is 0.734. The highest BCUT2D eigenvalue weighted by molar-refractivity contribution is 6.04. The number of carboxylic acid groups (broad SMARTS) is 1. The molecule has 0 spiro atoms. The molecule has 5 heteroatoms. The van der Waals surface area contributed by atoms with Crippen molar-refractivity contribution in [2.24, 2.45) is 5.92 Å². The number of nitrogens with zero attached hydrogens (tertiary/aromatic N) is 1. The Kier molecular flexibility index (Phi) is 4.02. The molecule has 4 rings (SSSR count). The third-order valence-corrected chi connectivity index (χ3v) is 5.31. The predicted octanol–water partition coefficient (Wildman–Crippen LogP) is 4.79. The van der Waals surface area contributed by atoms with Crippen LogP contribution in [0.3, 0.4) is 0 Å². The molecule has 26 heavy (non-hydrogen) atoms. The van der Waals surface area contributed by atoms with Gasteiger partial charge < -0.3 is 9.67 Å². The fourth-order valence-corrected chi connectivity index (χ4v) is 4.05. The fraction of sp³-hybridized carbons (Fsp3) is 0.286. The molecule has 1 aliphatic carbocycles. The normalized spacial score (nSPS) is 16.7. The van der Waals surface area contributed by atoms with Crippen molar-refractivity contribution in [2.45, 2.75) is 32.7 Å². The summed E-state index contributed by atoms with van der Waals surface area (Å²) in [6.45, 7) is 2.38. The molecule has 1 heterocycles. The van der Waals surface area contributed by atoms with E-state index in [1.807, 2.05) is 10.6 Å². The van der Waals surface area contributed by atoms with E-state index in [-0.39, 0.29) is 12.1 Å². The first-order chi connectivity index (χ1) is 12.5. The van der Waals surface area contributed by atoms with Gasteiger partial charge in [0.2, 0.25) is 0 Å². The zero-order valence-corrected chi connectivity index (χ0v) is 14.4. The van der Waals surface area contributed by atoms with E-state index in [1.54, 1.807) is 12.1 Å². The monoisotopic (exact) mass is 355 g/mol. The number of benzene rings is 2. The van der Waals surface area contributed by atoms with Crippen molar-refractivity contribution in [3.63, 3.8) is 0 Å². The second-order valence-electron chi connectivity index (χ2n) is 7.10. The zero-order chi connectivity index (χ0) is 18.4. The molecule has 3 nitrogen and oxygen atoms in total. The molecule has 1 atom stereocenters. The van der Waals surface area contributed by atoms with E-state index < -0.39 is 17.6 Å². The molecule has 1 unspecified atom stereocenters. The molecule has 0 radical (unpaired) electrons. The first-order valence-electron chi connectivity index (χ1n) is 8.76. The molecule has 0 saturated heterocycles. The lowest BCUT2D eigenvalue weighted by Gasteiger charge is -2.21. The van der Waals surface area contributed by atoms with E-state index in [2.05, 4.69) is 6.92 Å². The van der Waals surface area contributed by atoms with Gasteiger partial charge in [0.15, 0.2) is 0 Å². The summed E-state index contributed by atoms with van der Waals surface area (Å²) in [5.41, 5.74) is 3.42. The predicted molar refractivity (Wildman–Crippen MR) is 95.5 cm³/mol. The summed E-state index contributed by atoms with van der Waals surface area (Å²) < 4.78 is 29.4. The number of hydrogen-bond acceptors (Lipinski definition) is 1. The van der Waals surface area contributed by atoms with E-state index >= 15 is 0 Å². The second kappa shape index (κ2) is 6.24.